The van der Waals surface area contributed by atoms with Gasteiger partial charge in [-0.3, -0.25) is 9.59 Å². The lowest BCUT2D eigenvalue weighted by Crippen LogP contribution is -2.21. The Kier molecular flexibility index (Phi) is 5.36. The second-order valence-corrected chi connectivity index (χ2v) is 5.63. The van der Waals surface area contributed by atoms with Crippen LogP contribution in [0.2, 0.25) is 0 Å². The third-order valence-electron chi connectivity index (χ3n) is 3.51. The highest BCUT2D eigenvalue weighted by Gasteiger charge is 2.37. The van der Waals surface area contributed by atoms with E-state index in [2.05, 4.69) is 0 Å². The minimum Gasteiger partial charge on any atom is -0.299 e. The number of hydrogen-bond acceptors (Lipinski definition) is 3. The van der Waals surface area contributed by atoms with Crippen molar-refractivity contribution in [2.75, 3.05) is 6.26 Å². The van der Waals surface area contributed by atoms with Crippen molar-refractivity contribution in [1.29, 1.82) is 0 Å². The van der Waals surface area contributed by atoms with Crippen molar-refractivity contribution in [3.8, 4) is 0 Å². The van der Waals surface area contributed by atoms with Gasteiger partial charge in [-0.15, -0.1) is 0 Å². The van der Waals surface area contributed by atoms with Crippen LogP contribution in [0.15, 0.2) is 48.6 Å². The molecule has 0 amide bonds. The molecule has 0 spiro atoms. The summed E-state index contributed by atoms with van der Waals surface area (Å²) in [4.78, 5) is 23.5. The fraction of sp³-hybridized carbons (Fsp3) is 0.294. The number of rotatable bonds is 4. The van der Waals surface area contributed by atoms with Crippen LogP contribution in [0.4, 0.5) is 0 Å². The van der Waals surface area contributed by atoms with Gasteiger partial charge in [0.2, 0.25) is 0 Å². The van der Waals surface area contributed by atoms with Gasteiger partial charge < -0.3 is 0 Å². The molecule has 0 aliphatic heterocycles. The molecule has 1 fully saturated rings. The van der Waals surface area contributed by atoms with E-state index in [0.717, 1.165) is 23.7 Å². The molecule has 0 aromatic heterocycles. The van der Waals surface area contributed by atoms with Gasteiger partial charge in [0.15, 0.2) is 5.12 Å². The van der Waals surface area contributed by atoms with Gasteiger partial charge in [-0.05, 0) is 24.2 Å². The summed E-state index contributed by atoms with van der Waals surface area (Å²) >= 11 is 1.15. The molecule has 1 aliphatic carbocycles. The van der Waals surface area contributed by atoms with Crippen molar-refractivity contribution in [3.63, 3.8) is 0 Å². The molecule has 2 rings (SSSR count). The number of ketones is 1. The summed E-state index contributed by atoms with van der Waals surface area (Å²) in [7, 11) is 0. The van der Waals surface area contributed by atoms with Crippen molar-refractivity contribution in [1.82, 2.24) is 0 Å². The maximum absolute atomic E-state index is 11.8. The van der Waals surface area contributed by atoms with Crippen LogP contribution >= 0.6 is 11.8 Å². The van der Waals surface area contributed by atoms with Crippen LogP contribution in [-0.4, -0.2) is 17.2 Å². The third kappa shape index (κ3) is 3.70. The molecule has 0 bridgehead atoms. The van der Waals surface area contributed by atoms with Gasteiger partial charge >= 0.3 is 0 Å². The van der Waals surface area contributed by atoms with Crippen LogP contribution in [0.1, 0.15) is 18.4 Å². The summed E-state index contributed by atoms with van der Waals surface area (Å²) in [6.45, 7) is 0. The first kappa shape index (κ1) is 14.8. The molecule has 2 nitrogen and oxygen atoms in total. The molecule has 1 aromatic carbocycles. The fourth-order valence-corrected chi connectivity index (χ4v) is 3.01. The average molecular weight is 286 g/mol. The molecule has 3 heteroatoms. The van der Waals surface area contributed by atoms with E-state index in [1.165, 1.54) is 0 Å². The Morgan fingerprint density at radius 2 is 2.00 bits per heavy atom. The topological polar surface area (TPSA) is 34.1 Å². The first-order valence-corrected chi connectivity index (χ1v) is 7.95. The average Bonchev–Trinajstić information content (AvgIpc) is 2.85. The van der Waals surface area contributed by atoms with E-state index in [1.54, 1.807) is 6.26 Å². The van der Waals surface area contributed by atoms with Gasteiger partial charge in [-0.1, -0.05) is 66.4 Å². The summed E-state index contributed by atoms with van der Waals surface area (Å²) in [6.07, 6.45) is 10.9. The van der Waals surface area contributed by atoms with Gasteiger partial charge in [0.05, 0.1) is 5.92 Å². The van der Waals surface area contributed by atoms with Crippen LogP contribution < -0.4 is 0 Å². The molecule has 1 saturated carbocycles. The van der Waals surface area contributed by atoms with Crippen molar-refractivity contribution in [3.05, 3.63) is 54.1 Å². The van der Waals surface area contributed by atoms with Crippen LogP contribution in [0.25, 0.3) is 6.08 Å². The monoisotopic (exact) mass is 286 g/mol. The van der Waals surface area contributed by atoms with Crippen molar-refractivity contribution in [2.24, 2.45) is 11.8 Å². The summed E-state index contributed by atoms with van der Waals surface area (Å²) in [5.41, 5.74) is 1.14. The molecule has 2 atom stereocenters. The Morgan fingerprint density at radius 3 is 2.70 bits per heavy atom. The lowest BCUT2D eigenvalue weighted by atomic mass is 9.96. The zero-order valence-electron chi connectivity index (χ0n) is 11.5. The Hall–Kier alpha value is -1.61. The number of thioether (sulfide) groups is 1. The molecular weight excluding hydrogens is 268 g/mol. The van der Waals surface area contributed by atoms with E-state index in [-0.39, 0.29) is 16.8 Å². The molecule has 1 aromatic rings. The zero-order valence-corrected chi connectivity index (χ0v) is 12.3. The summed E-state index contributed by atoms with van der Waals surface area (Å²) in [5.74, 6) is -0.291. The van der Waals surface area contributed by atoms with Crippen molar-refractivity contribution in [2.45, 2.75) is 12.8 Å². The Morgan fingerprint density at radius 1 is 1.25 bits per heavy atom. The van der Waals surface area contributed by atoms with Crippen molar-refractivity contribution >= 4 is 28.7 Å². The minimum absolute atomic E-state index is 0.00538. The number of carbonyl (C=O) groups is 2. The predicted octanol–water partition coefficient (Wildman–Crippen LogP) is 3.74. The van der Waals surface area contributed by atoms with Gasteiger partial charge in [0, 0.05) is 6.42 Å². The van der Waals surface area contributed by atoms with E-state index < -0.39 is 5.92 Å². The number of carbonyl (C=O) groups excluding carboxylic acids is 2. The van der Waals surface area contributed by atoms with E-state index in [1.807, 2.05) is 54.6 Å². The molecule has 2 unspecified atom stereocenters. The normalized spacial score (nSPS) is 22.9. The lowest BCUT2D eigenvalue weighted by molar-refractivity contribution is -0.127. The minimum atomic E-state index is -0.439. The first-order valence-electron chi connectivity index (χ1n) is 6.73. The highest BCUT2D eigenvalue weighted by Crippen LogP contribution is 2.32. The summed E-state index contributed by atoms with van der Waals surface area (Å²) in [5, 5.41) is -0.00538. The number of hydrogen-bond donors (Lipinski definition) is 0. The van der Waals surface area contributed by atoms with Crippen LogP contribution in [0.5, 0.6) is 0 Å². The molecule has 1 aliphatic rings. The van der Waals surface area contributed by atoms with Gasteiger partial charge in [-0.25, -0.2) is 0 Å². The summed E-state index contributed by atoms with van der Waals surface area (Å²) in [6, 6.07) is 10.0. The standard InChI is InChI=1S/C17H18O2S/c1-20-17(19)16-14(11-12-15(16)18)10-6-5-9-13-7-3-2-4-8-13/h2-10,14,16H,11-12H2,1H3/b9-5+,10-6+. The van der Waals surface area contributed by atoms with Crippen LogP contribution in [0, 0.1) is 11.8 Å². The Balaban J connectivity index is 1.98. The number of benzene rings is 1. The number of allylic oxidation sites excluding steroid dienone is 3. The molecule has 0 N–H and O–H groups in total. The zero-order chi connectivity index (χ0) is 14.4. The van der Waals surface area contributed by atoms with Gasteiger partial charge in [0.1, 0.15) is 5.78 Å². The lowest BCUT2D eigenvalue weighted by Gasteiger charge is -2.11. The van der Waals surface area contributed by atoms with Gasteiger partial charge in [-0.2, -0.15) is 0 Å². The van der Waals surface area contributed by atoms with E-state index >= 15 is 0 Å². The second-order valence-electron chi connectivity index (χ2n) is 4.82. The van der Waals surface area contributed by atoms with E-state index in [9.17, 15) is 9.59 Å². The molecule has 0 radical (unpaired) electrons. The van der Waals surface area contributed by atoms with E-state index in [4.69, 9.17) is 0 Å². The predicted molar refractivity (Wildman–Crippen MR) is 84.4 cm³/mol. The Bertz CT molecular complexity index is 531. The largest absolute Gasteiger partial charge is 0.299 e. The third-order valence-corrected chi connectivity index (χ3v) is 4.17. The highest BCUT2D eigenvalue weighted by atomic mass is 32.2. The fourth-order valence-electron chi connectivity index (χ4n) is 2.45. The quantitative estimate of drug-likeness (QED) is 0.624. The maximum Gasteiger partial charge on any atom is 0.199 e. The molecule has 0 saturated heterocycles. The van der Waals surface area contributed by atoms with E-state index in [0.29, 0.717) is 6.42 Å². The molecular formula is C17H18O2S. The second kappa shape index (κ2) is 7.25. The Labute approximate surface area is 124 Å². The maximum atomic E-state index is 11.8. The smallest absolute Gasteiger partial charge is 0.199 e. The molecule has 20 heavy (non-hydrogen) atoms. The van der Waals surface area contributed by atoms with Gasteiger partial charge in [0.25, 0.3) is 0 Å². The SMILES string of the molecule is CSC(=O)C1C(=O)CCC1/C=C/C=C/c1ccccc1. The first-order chi connectivity index (χ1) is 9.72. The van der Waals surface area contributed by atoms with Crippen LogP contribution in [-0.2, 0) is 9.59 Å². The number of Topliss-reactive ketones (excluding diaryl/α,β-unsaturated/α-hetero) is 1. The van der Waals surface area contributed by atoms with Crippen molar-refractivity contribution < 1.29 is 9.59 Å². The molecule has 104 valence electrons. The van der Waals surface area contributed by atoms with Crippen LogP contribution in [0.3, 0.4) is 0 Å². The molecule has 0 heterocycles. The highest BCUT2D eigenvalue weighted by molar-refractivity contribution is 8.13. The summed E-state index contributed by atoms with van der Waals surface area (Å²) < 4.78 is 0.